The molecule has 2 rings (SSSR count). The van der Waals surface area contributed by atoms with Crippen molar-refractivity contribution in [1.82, 2.24) is 4.90 Å². The van der Waals surface area contributed by atoms with Crippen molar-refractivity contribution in [2.24, 2.45) is 0 Å². The van der Waals surface area contributed by atoms with Gasteiger partial charge in [-0.2, -0.15) is 0 Å². The van der Waals surface area contributed by atoms with E-state index < -0.39 is 0 Å². The number of anilines is 1. The minimum Gasteiger partial charge on any atom is -0.395 e. The van der Waals surface area contributed by atoms with Crippen LogP contribution in [-0.4, -0.2) is 36.2 Å². The second kappa shape index (κ2) is 5.51. The van der Waals surface area contributed by atoms with Gasteiger partial charge in [0.05, 0.1) is 12.3 Å². The van der Waals surface area contributed by atoms with Crippen molar-refractivity contribution < 1.29 is 9.90 Å². The van der Waals surface area contributed by atoms with Crippen LogP contribution in [0, 0.1) is 0 Å². The number of aliphatic hydroxyl groups is 1. The summed E-state index contributed by atoms with van der Waals surface area (Å²) in [4.78, 5) is 13.3. The molecule has 0 bridgehead atoms. The van der Waals surface area contributed by atoms with Gasteiger partial charge in [-0.15, -0.1) is 0 Å². The zero-order valence-corrected chi connectivity index (χ0v) is 10.3. The van der Waals surface area contributed by atoms with E-state index in [1.807, 2.05) is 42.5 Å². The quantitative estimate of drug-likeness (QED) is 0.870. The fourth-order valence-electron chi connectivity index (χ4n) is 1.80. The van der Waals surface area contributed by atoms with Crippen molar-refractivity contribution in [1.29, 1.82) is 0 Å². The summed E-state index contributed by atoms with van der Waals surface area (Å²) in [6.07, 6.45) is 0. The Labute approximate surface area is 106 Å². The smallest absolute Gasteiger partial charge is 0.321 e. The summed E-state index contributed by atoms with van der Waals surface area (Å²) in [6.45, 7) is 0.274. The Hall–Kier alpha value is -2.07. The Balaban J connectivity index is 2.24. The fraction of sp³-hybridized carbons (Fsp3) is 0.214. The van der Waals surface area contributed by atoms with Crippen LogP contribution >= 0.6 is 0 Å². The summed E-state index contributed by atoms with van der Waals surface area (Å²) in [7, 11) is 1.65. The van der Waals surface area contributed by atoms with E-state index in [9.17, 15) is 4.79 Å². The molecular weight excluding hydrogens is 228 g/mol. The summed E-state index contributed by atoms with van der Waals surface area (Å²) in [6, 6.07) is 13.4. The number of likely N-dealkylation sites (N-methyl/N-ethyl adjacent to an activating group) is 1. The number of urea groups is 1. The van der Waals surface area contributed by atoms with Crippen LogP contribution in [0.4, 0.5) is 10.5 Å². The number of carbonyl (C=O) groups excluding carboxylic acids is 1. The van der Waals surface area contributed by atoms with Crippen molar-refractivity contribution in [2.75, 3.05) is 25.5 Å². The molecule has 0 aliphatic carbocycles. The highest BCUT2D eigenvalue weighted by molar-refractivity contribution is 6.01. The van der Waals surface area contributed by atoms with Crippen LogP contribution in [-0.2, 0) is 0 Å². The van der Waals surface area contributed by atoms with Crippen LogP contribution in [0.2, 0.25) is 0 Å². The monoisotopic (exact) mass is 244 g/mol. The number of nitrogens with one attached hydrogen (secondary N) is 1. The van der Waals surface area contributed by atoms with E-state index in [2.05, 4.69) is 5.32 Å². The lowest BCUT2D eigenvalue weighted by Gasteiger charge is -2.17. The molecule has 0 saturated carbocycles. The van der Waals surface area contributed by atoms with Crippen molar-refractivity contribution in [3.8, 4) is 0 Å². The molecule has 2 amide bonds. The summed E-state index contributed by atoms with van der Waals surface area (Å²) < 4.78 is 0. The van der Waals surface area contributed by atoms with E-state index in [0.717, 1.165) is 16.5 Å². The van der Waals surface area contributed by atoms with E-state index in [4.69, 9.17) is 5.11 Å². The largest absolute Gasteiger partial charge is 0.395 e. The molecule has 4 heteroatoms. The number of aliphatic hydroxyl groups excluding tert-OH is 1. The molecular formula is C14H16N2O2. The first-order valence-electron chi connectivity index (χ1n) is 5.83. The van der Waals surface area contributed by atoms with Gasteiger partial charge in [-0.1, -0.05) is 36.4 Å². The van der Waals surface area contributed by atoms with E-state index in [1.54, 1.807) is 7.05 Å². The van der Waals surface area contributed by atoms with Gasteiger partial charge in [-0.05, 0) is 11.5 Å². The van der Waals surface area contributed by atoms with Crippen LogP contribution in [0.25, 0.3) is 10.8 Å². The molecule has 18 heavy (non-hydrogen) atoms. The highest BCUT2D eigenvalue weighted by atomic mass is 16.3. The molecule has 0 aliphatic rings. The van der Waals surface area contributed by atoms with Crippen LogP contribution in [0.15, 0.2) is 42.5 Å². The third kappa shape index (κ3) is 2.60. The van der Waals surface area contributed by atoms with Crippen LogP contribution < -0.4 is 5.32 Å². The Bertz CT molecular complexity index is 549. The van der Waals surface area contributed by atoms with Crippen LogP contribution in [0.1, 0.15) is 0 Å². The number of hydrogen-bond donors (Lipinski definition) is 2. The number of amides is 2. The topological polar surface area (TPSA) is 52.6 Å². The number of rotatable bonds is 3. The lowest BCUT2D eigenvalue weighted by Crippen LogP contribution is -2.33. The first kappa shape index (κ1) is 12.4. The number of carbonyl (C=O) groups is 1. The lowest BCUT2D eigenvalue weighted by atomic mass is 10.1. The van der Waals surface area contributed by atoms with Crippen molar-refractivity contribution in [3.05, 3.63) is 42.5 Å². The minimum absolute atomic E-state index is 0.0422. The number of benzene rings is 2. The molecule has 0 fully saturated rings. The summed E-state index contributed by atoms with van der Waals surface area (Å²) in [5.74, 6) is 0. The summed E-state index contributed by atoms with van der Waals surface area (Å²) >= 11 is 0. The van der Waals surface area contributed by atoms with Crippen molar-refractivity contribution in [2.45, 2.75) is 0 Å². The van der Waals surface area contributed by atoms with Crippen molar-refractivity contribution >= 4 is 22.5 Å². The SMILES string of the molecule is CN(CCO)C(=O)Nc1cccc2ccccc12. The second-order valence-corrected chi connectivity index (χ2v) is 4.10. The van der Waals surface area contributed by atoms with Gasteiger partial charge >= 0.3 is 6.03 Å². The van der Waals surface area contributed by atoms with Gasteiger partial charge in [0.1, 0.15) is 0 Å². The zero-order valence-electron chi connectivity index (χ0n) is 10.3. The van der Waals surface area contributed by atoms with Crippen molar-refractivity contribution in [3.63, 3.8) is 0 Å². The molecule has 0 unspecified atom stereocenters. The average Bonchev–Trinajstić information content (AvgIpc) is 2.39. The van der Waals surface area contributed by atoms with E-state index in [0.29, 0.717) is 6.54 Å². The Morgan fingerprint density at radius 2 is 1.94 bits per heavy atom. The molecule has 94 valence electrons. The van der Waals surface area contributed by atoms with Gasteiger partial charge in [0.25, 0.3) is 0 Å². The second-order valence-electron chi connectivity index (χ2n) is 4.10. The maximum Gasteiger partial charge on any atom is 0.321 e. The van der Waals surface area contributed by atoms with Crippen LogP contribution in [0.5, 0.6) is 0 Å². The highest BCUT2D eigenvalue weighted by Crippen LogP contribution is 2.22. The van der Waals surface area contributed by atoms with Gasteiger partial charge in [-0.3, -0.25) is 0 Å². The summed E-state index contributed by atoms with van der Waals surface area (Å²) in [5, 5.41) is 13.7. The normalized spacial score (nSPS) is 10.3. The zero-order chi connectivity index (χ0) is 13.0. The maximum atomic E-state index is 11.8. The van der Waals surface area contributed by atoms with Gasteiger partial charge in [0.2, 0.25) is 0 Å². The van der Waals surface area contributed by atoms with E-state index in [-0.39, 0.29) is 12.6 Å². The highest BCUT2D eigenvalue weighted by Gasteiger charge is 2.09. The third-order valence-corrected chi connectivity index (χ3v) is 2.81. The predicted molar refractivity (Wildman–Crippen MR) is 72.7 cm³/mol. The third-order valence-electron chi connectivity index (χ3n) is 2.81. The maximum absolute atomic E-state index is 11.8. The molecule has 4 nitrogen and oxygen atoms in total. The Morgan fingerprint density at radius 3 is 2.72 bits per heavy atom. The average molecular weight is 244 g/mol. The standard InChI is InChI=1S/C14H16N2O2/c1-16(9-10-17)14(18)15-13-8-4-6-11-5-2-3-7-12(11)13/h2-8,17H,9-10H2,1H3,(H,15,18). The fourth-order valence-corrected chi connectivity index (χ4v) is 1.80. The van der Waals surface area contributed by atoms with E-state index >= 15 is 0 Å². The lowest BCUT2D eigenvalue weighted by molar-refractivity contribution is 0.202. The summed E-state index contributed by atoms with van der Waals surface area (Å²) in [5.41, 5.74) is 0.780. The molecule has 0 atom stereocenters. The van der Waals surface area contributed by atoms with Gasteiger partial charge in [-0.25, -0.2) is 4.79 Å². The predicted octanol–water partition coefficient (Wildman–Crippen LogP) is 2.30. The molecule has 2 aromatic rings. The Kier molecular flexibility index (Phi) is 3.79. The van der Waals surface area contributed by atoms with Crippen LogP contribution in [0.3, 0.4) is 0 Å². The minimum atomic E-state index is -0.222. The van der Waals surface area contributed by atoms with Gasteiger partial charge in [0, 0.05) is 19.0 Å². The van der Waals surface area contributed by atoms with Gasteiger partial charge in [0.15, 0.2) is 0 Å². The molecule has 2 aromatic carbocycles. The first-order chi connectivity index (χ1) is 8.72. The molecule has 0 saturated heterocycles. The Morgan fingerprint density at radius 1 is 1.22 bits per heavy atom. The molecule has 0 radical (unpaired) electrons. The molecule has 0 aliphatic heterocycles. The first-order valence-corrected chi connectivity index (χ1v) is 5.83. The van der Waals surface area contributed by atoms with Gasteiger partial charge < -0.3 is 15.3 Å². The number of hydrogen-bond acceptors (Lipinski definition) is 2. The molecule has 0 aromatic heterocycles. The van der Waals surface area contributed by atoms with E-state index in [1.165, 1.54) is 4.90 Å². The molecule has 2 N–H and O–H groups in total. The number of fused-ring (bicyclic) bond motifs is 1. The molecule has 0 spiro atoms. The molecule has 0 heterocycles. The number of nitrogens with zero attached hydrogens (tertiary/aromatic N) is 1.